The number of carbonyl (C=O) groups is 2. The van der Waals surface area contributed by atoms with Gasteiger partial charge in [-0.15, -0.1) is 0 Å². The zero-order chi connectivity index (χ0) is 29.1. The molecular formula is C25H28F3N7O4S. The minimum Gasteiger partial charge on any atom is -0.477 e. The van der Waals surface area contributed by atoms with Crippen molar-refractivity contribution in [3.05, 3.63) is 47.7 Å². The number of pyridine rings is 1. The summed E-state index contributed by atoms with van der Waals surface area (Å²) in [5, 5.41) is 5.62. The van der Waals surface area contributed by atoms with Gasteiger partial charge >= 0.3 is 12.3 Å². The molecule has 4 rings (SSSR count). The van der Waals surface area contributed by atoms with Crippen LogP contribution in [-0.4, -0.2) is 61.5 Å². The maximum absolute atomic E-state index is 13.0. The molecular weight excluding hydrogens is 551 g/mol. The van der Waals surface area contributed by atoms with Crippen LogP contribution in [0.15, 0.2) is 30.7 Å². The molecule has 0 bridgehead atoms. The third-order valence-corrected chi connectivity index (χ3v) is 6.51. The number of rotatable bonds is 7. The van der Waals surface area contributed by atoms with Crippen molar-refractivity contribution in [2.45, 2.75) is 45.9 Å². The monoisotopic (exact) mass is 579 g/mol. The molecule has 1 aliphatic heterocycles. The first kappa shape index (κ1) is 29.0. The average molecular weight is 580 g/mol. The van der Waals surface area contributed by atoms with Crippen molar-refractivity contribution in [3.8, 4) is 5.88 Å². The summed E-state index contributed by atoms with van der Waals surface area (Å²) >= 11 is 0.910. The van der Waals surface area contributed by atoms with Crippen molar-refractivity contribution < 1.29 is 32.2 Å². The van der Waals surface area contributed by atoms with Crippen molar-refractivity contribution in [1.82, 2.24) is 24.2 Å². The van der Waals surface area contributed by atoms with Crippen LogP contribution in [-0.2, 0) is 10.9 Å². The molecule has 15 heteroatoms. The van der Waals surface area contributed by atoms with E-state index in [9.17, 15) is 22.8 Å². The molecule has 1 atom stereocenters. The molecule has 214 valence electrons. The van der Waals surface area contributed by atoms with Gasteiger partial charge in [0.1, 0.15) is 16.4 Å². The molecule has 4 heterocycles. The van der Waals surface area contributed by atoms with E-state index in [2.05, 4.69) is 30.0 Å². The van der Waals surface area contributed by atoms with E-state index in [0.29, 0.717) is 43.2 Å². The maximum atomic E-state index is 13.0. The summed E-state index contributed by atoms with van der Waals surface area (Å²) in [5.41, 5.74) is -0.799. The van der Waals surface area contributed by atoms with Gasteiger partial charge < -0.3 is 25.0 Å². The summed E-state index contributed by atoms with van der Waals surface area (Å²) in [6.45, 7) is 8.56. The fourth-order valence-corrected chi connectivity index (χ4v) is 4.60. The SMILES string of the molecule is Cc1nsc(Nc2cncc(C(F)(F)F)n2)c1C(=O)Nc1ccc(OCC2CCN(C(=O)OC(C)(C)C)C2)nc1. The third kappa shape index (κ3) is 7.55. The van der Waals surface area contributed by atoms with Crippen molar-refractivity contribution in [2.75, 3.05) is 30.3 Å². The van der Waals surface area contributed by atoms with E-state index in [0.717, 1.165) is 24.2 Å². The Labute approximate surface area is 232 Å². The summed E-state index contributed by atoms with van der Waals surface area (Å²) in [6, 6.07) is 3.22. The van der Waals surface area contributed by atoms with Gasteiger partial charge in [0.15, 0.2) is 5.69 Å². The number of likely N-dealkylation sites (tertiary alicyclic amines) is 1. The van der Waals surface area contributed by atoms with Crippen LogP contribution in [0.25, 0.3) is 0 Å². The number of hydrogen-bond acceptors (Lipinski definition) is 10. The number of nitrogens with zero attached hydrogens (tertiary/aromatic N) is 5. The van der Waals surface area contributed by atoms with Gasteiger partial charge in [-0.05, 0) is 51.7 Å². The van der Waals surface area contributed by atoms with Gasteiger partial charge in [-0.25, -0.2) is 14.8 Å². The quantitative estimate of drug-likeness (QED) is 0.383. The van der Waals surface area contributed by atoms with Crippen LogP contribution in [0, 0.1) is 12.8 Å². The van der Waals surface area contributed by atoms with E-state index in [-0.39, 0.29) is 28.4 Å². The van der Waals surface area contributed by atoms with Gasteiger partial charge in [-0.1, -0.05) is 0 Å². The van der Waals surface area contributed by atoms with Crippen LogP contribution >= 0.6 is 11.5 Å². The van der Waals surface area contributed by atoms with E-state index in [1.54, 1.807) is 24.0 Å². The van der Waals surface area contributed by atoms with Gasteiger partial charge in [-0.2, -0.15) is 17.5 Å². The van der Waals surface area contributed by atoms with E-state index in [1.165, 1.54) is 6.20 Å². The molecule has 0 radical (unpaired) electrons. The van der Waals surface area contributed by atoms with E-state index in [4.69, 9.17) is 9.47 Å². The number of amides is 2. The first-order valence-corrected chi connectivity index (χ1v) is 13.1. The van der Waals surface area contributed by atoms with Gasteiger partial charge in [0.05, 0.1) is 42.1 Å². The standard InChI is InChI=1S/C25H28F3N7O4S/c1-14-20(22(40-34-14)33-18-11-29-10-17(32-18)25(26,27)28)21(36)31-16-5-6-19(30-9-16)38-13-15-7-8-35(12-15)23(37)39-24(2,3)4/h5-6,9-11,15H,7-8,12-13H2,1-4H3,(H,31,36)(H,32,33). The van der Waals surface area contributed by atoms with Crippen LogP contribution in [0.1, 0.15) is 48.9 Å². The topological polar surface area (TPSA) is 131 Å². The maximum Gasteiger partial charge on any atom is 0.434 e. The average Bonchev–Trinajstić information content (AvgIpc) is 3.49. The fourth-order valence-electron chi connectivity index (χ4n) is 3.80. The Morgan fingerprint density at radius 1 is 1.18 bits per heavy atom. The summed E-state index contributed by atoms with van der Waals surface area (Å²) < 4.78 is 54.2. The highest BCUT2D eigenvalue weighted by Gasteiger charge is 2.33. The minimum absolute atomic E-state index is 0.134. The normalized spacial score (nSPS) is 15.6. The Hall–Kier alpha value is -4.01. The zero-order valence-corrected chi connectivity index (χ0v) is 23.0. The van der Waals surface area contributed by atoms with Crippen LogP contribution in [0.2, 0.25) is 0 Å². The number of alkyl halides is 3. The number of halogens is 3. The molecule has 1 saturated heterocycles. The summed E-state index contributed by atoms with van der Waals surface area (Å²) in [6.07, 6.45) is -1.06. The predicted molar refractivity (Wildman–Crippen MR) is 141 cm³/mol. The molecule has 0 aromatic carbocycles. The Kier molecular flexibility index (Phi) is 8.42. The first-order chi connectivity index (χ1) is 18.8. The van der Waals surface area contributed by atoms with E-state index >= 15 is 0 Å². The molecule has 1 aliphatic rings. The zero-order valence-electron chi connectivity index (χ0n) is 22.2. The Morgan fingerprint density at radius 2 is 1.95 bits per heavy atom. The summed E-state index contributed by atoms with van der Waals surface area (Å²) in [4.78, 5) is 38.2. The third-order valence-electron chi connectivity index (χ3n) is 5.66. The predicted octanol–water partition coefficient (Wildman–Crippen LogP) is 5.29. The fraction of sp³-hybridized carbons (Fsp3) is 0.440. The number of aryl methyl sites for hydroxylation is 1. The Morgan fingerprint density at radius 3 is 2.62 bits per heavy atom. The smallest absolute Gasteiger partial charge is 0.434 e. The highest BCUT2D eigenvalue weighted by molar-refractivity contribution is 7.10. The molecule has 3 aromatic rings. The van der Waals surface area contributed by atoms with Crippen LogP contribution in [0.3, 0.4) is 0 Å². The van der Waals surface area contributed by atoms with Gasteiger partial charge in [-0.3, -0.25) is 9.78 Å². The molecule has 2 amide bonds. The molecule has 11 nitrogen and oxygen atoms in total. The number of aromatic nitrogens is 4. The molecule has 1 fully saturated rings. The van der Waals surface area contributed by atoms with Gasteiger partial charge in [0.2, 0.25) is 5.88 Å². The van der Waals surface area contributed by atoms with Gasteiger partial charge in [0, 0.05) is 25.1 Å². The lowest BCUT2D eigenvalue weighted by atomic mass is 10.1. The molecule has 0 aliphatic carbocycles. The van der Waals surface area contributed by atoms with Gasteiger partial charge in [0.25, 0.3) is 5.91 Å². The highest BCUT2D eigenvalue weighted by Crippen LogP contribution is 2.31. The molecule has 3 aromatic heterocycles. The van der Waals surface area contributed by atoms with E-state index in [1.807, 2.05) is 20.8 Å². The van der Waals surface area contributed by atoms with Crippen LogP contribution in [0.5, 0.6) is 5.88 Å². The molecule has 1 unspecified atom stereocenters. The van der Waals surface area contributed by atoms with Crippen molar-refractivity contribution in [2.24, 2.45) is 5.92 Å². The highest BCUT2D eigenvalue weighted by atomic mass is 32.1. The molecule has 40 heavy (non-hydrogen) atoms. The van der Waals surface area contributed by atoms with Crippen LogP contribution < -0.4 is 15.4 Å². The molecule has 0 spiro atoms. The molecule has 0 saturated carbocycles. The molecule has 2 N–H and O–H groups in total. The second-order valence-corrected chi connectivity index (χ2v) is 10.9. The second-order valence-electron chi connectivity index (χ2n) is 10.1. The Balaban J connectivity index is 1.32. The number of anilines is 3. The Bertz CT molecular complexity index is 1360. The second kappa shape index (κ2) is 11.6. The number of carbonyl (C=O) groups excluding carboxylic acids is 2. The van der Waals surface area contributed by atoms with Crippen molar-refractivity contribution in [1.29, 1.82) is 0 Å². The lowest BCUT2D eigenvalue weighted by Crippen LogP contribution is -2.35. The number of nitrogens with one attached hydrogen (secondary N) is 2. The van der Waals surface area contributed by atoms with Crippen molar-refractivity contribution in [3.63, 3.8) is 0 Å². The van der Waals surface area contributed by atoms with Crippen molar-refractivity contribution >= 4 is 40.0 Å². The van der Waals surface area contributed by atoms with E-state index < -0.39 is 23.4 Å². The summed E-state index contributed by atoms with van der Waals surface area (Å²) in [7, 11) is 0. The lowest BCUT2D eigenvalue weighted by molar-refractivity contribution is -0.141. The first-order valence-electron chi connectivity index (χ1n) is 12.3. The largest absolute Gasteiger partial charge is 0.477 e. The van der Waals surface area contributed by atoms with Crippen LogP contribution in [0.4, 0.5) is 34.5 Å². The number of hydrogen-bond donors (Lipinski definition) is 2. The minimum atomic E-state index is -4.66. The number of ether oxygens (including phenoxy) is 2. The summed E-state index contributed by atoms with van der Waals surface area (Å²) in [5.74, 6) is -0.215. The lowest BCUT2D eigenvalue weighted by Gasteiger charge is -2.24.